The molecule has 0 aliphatic carbocycles. The van der Waals surface area contributed by atoms with Gasteiger partial charge in [0.15, 0.2) is 0 Å². The van der Waals surface area contributed by atoms with E-state index in [4.69, 9.17) is 5.73 Å². The summed E-state index contributed by atoms with van der Waals surface area (Å²) < 4.78 is 41.1. The summed E-state index contributed by atoms with van der Waals surface area (Å²) in [6.07, 6.45) is 0.287. The zero-order valence-electron chi connectivity index (χ0n) is 18.3. The molecule has 0 radical (unpaired) electrons. The second-order valence-corrected chi connectivity index (χ2v) is 7.99. The van der Waals surface area contributed by atoms with Crippen LogP contribution in [-0.2, 0) is 19.1 Å². The minimum atomic E-state index is -4.40. The number of primary amides is 1. The van der Waals surface area contributed by atoms with Gasteiger partial charge in [-0.25, -0.2) is 0 Å². The molecule has 2 aromatic rings. The lowest BCUT2D eigenvalue weighted by molar-refractivity contribution is -0.137. The highest BCUT2D eigenvalue weighted by atomic mass is 19.4. The summed E-state index contributed by atoms with van der Waals surface area (Å²) in [7, 11) is 4.01. The van der Waals surface area contributed by atoms with E-state index in [1.165, 1.54) is 12.1 Å². The van der Waals surface area contributed by atoms with Gasteiger partial charge in [0.2, 0.25) is 0 Å². The molecule has 0 bridgehead atoms. The smallest absolute Gasteiger partial charge is 0.366 e. The van der Waals surface area contributed by atoms with E-state index in [0.717, 1.165) is 68.7 Å². The summed E-state index contributed by atoms with van der Waals surface area (Å²) in [6.45, 7) is 5.61. The number of hydrogen-bond acceptors (Lipinski definition) is 2. The van der Waals surface area contributed by atoms with Gasteiger partial charge in [0.25, 0.3) is 5.91 Å². The highest BCUT2D eigenvalue weighted by Gasteiger charge is 2.31. The van der Waals surface area contributed by atoms with Gasteiger partial charge in [0.05, 0.1) is 11.1 Å². The lowest BCUT2D eigenvalue weighted by Crippen LogP contribution is -2.17. The maximum Gasteiger partial charge on any atom is 0.416 e. The molecular weight excluding hydrogens is 391 g/mol. The van der Waals surface area contributed by atoms with Gasteiger partial charge >= 0.3 is 6.18 Å². The monoisotopic (exact) mass is 423 g/mol. The van der Waals surface area contributed by atoms with Crippen molar-refractivity contribution in [3.63, 3.8) is 0 Å². The number of unbranched alkanes of at least 4 members (excludes halogenated alkanes) is 2. The molecule has 0 aliphatic rings. The molecule has 0 spiro atoms. The van der Waals surface area contributed by atoms with Crippen LogP contribution in [0.25, 0.3) is 11.1 Å². The van der Waals surface area contributed by atoms with Crippen molar-refractivity contribution in [2.45, 2.75) is 58.7 Å². The topological polar surface area (TPSA) is 51.3 Å². The minimum absolute atomic E-state index is 0.408. The lowest BCUT2D eigenvalue weighted by atomic mass is 9.96. The van der Waals surface area contributed by atoms with Gasteiger partial charge < -0.3 is 15.2 Å². The zero-order valence-corrected chi connectivity index (χ0v) is 18.3. The van der Waals surface area contributed by atoms with E-state index in [-0.39, 0.29) is 0 Å². The third kappa shape index (κ3) is 5.65. The first-order valence-electron chi connectivity index (χ1n) is 10.4. The van der Waals surface area contributed by atoms with Crippen molar-refractivity contribution in [1.29, 1.82) is 0 Å². The van der Waals surface area contributed by atoms with Crippen LogP contribution in [0.15, 0.2) is 24.3 Å². The summed E-state index contributed by atoms with van der Waals surface area (Å²) in [6, 6.07) is 5.01. The first-order valence-corrected chi connectivity index (χ1v) is 10.4. The normalized spacial score (nSPS) is 12.0. The third-order valence-electron chi connectivity index (χ3n) is 5.38. The SMILES string of the molecule is CCCCCc1c(-c2ccc(C(F)(F)F)cc2)c(C(N)=O)c(C)n1CCCN(C)C. The molecule has 0 saturated carbocycles. The molecule has 166 valence electrons. The fourth-order valence-corrected chi connectivity index (χ4v) is 3.89. The fraction of sp³-hybridized carbons (Fsp3) is 0.522. The van der Waals surface area contributed by atoms with Crippen molar-refractivity contribution in [3.8, 4) is 11.1 Å². The highest BCUT2D eigenvalue weighted by Crippen LogP contribution is 2.36. The summed E-state index contributed by atoms with van der Waals surface area (Å²) in [5, 5.41) is 0. The van der Waals surface area contributed by atoms with E-state index in [9.17, 15) is 18.0 Å². The van der Waals surface area contributed by atoms with Gasteiger partial charge in [0.1, 0.15) is 0 Å². The summed E-state index contributed by atoms with van der Waals surface area (Å²) in [4.78, 5) is 14.4. The predicted octanol–water partition coefficient (Wildman–Crippen LogP) is 5.27. The molecule has 0 atom stereocenters. The van der Waals surface area contributed by atoms with E-state index >= 15 is 0 Å². The van der Waals surface area contributed by atoms with E-state index in [1.807, 2.05) is 21.0 Å². The summed E-state index contributed by atoms with van der Waals surface area (Å²) in [5.41, 5.74) is 8.46. The predicted molar refractivity (Wildman–Crippen MR) is 115 cm³/mol. The first kappa shape index (κ1) is 24.0. The number of halogens is 3. The van der Waals surface area contributed by atoms with Crippen molar-refractivity contribution in [2.75, 3.05) is 20.6 Å². The Morgan fingerprint density at radius 2 is 1.73 bits per heavy atom. The Labute approximate surface area is 176 Å². The second-order valence-electron chi connectivity index (χ2n) is 7.99. The van der Waals surface area contributed by atoms with Gasteiger partial charge in [-0.05, 0) is 64.5 Å². The largest absolute Gasteiger partial charge is 0.416 e. The van der Waals surface area contributed by atoms with Crippen LogP contribution in [0.3, 0.4) is 0 Å². The average Bonchev–Trinajstić information content (AvgIpc) is 2.93. The number of nitrogens with two attached hydrogens (primary N) is 1. The van der Waals surface area contributed by atoms with Crippen LogP contribution in [0, 0.1) is 6.92 Å². The van der Waals surface area contributed by atoms with E-state index in [0.29, 0.717) is 16.7 Å². The molecule has 0 aliphatic heterocycles. The van der Waals surface area contributed by atoms with Gasteiger partial charge in [-0.15, -0.1) is 0 Å². The number of rotatable bonds is 10. The van der Waals surface area contributed by atoms with Gasteiger partial charge in [-0.1, -0.05) is 31.9 Å². The van der Waals surface area contributed by atoms with E-state index < -0.39 is 17.6 Å². The van der Waals surface area contributed by atoms with Crippen LogP contribution in [0.4, 0.5) is 13.2 Å². The highest BCUT2D eigenvalue weighted by molar-refractivity contribution is 6.02. The minimum Gasteiger partial charge on any atom is -0.366 e. The van der Waals surface area contributed by atoms with E-state index in [2.05, 4.69) is 16.4 Å². The number of nitrogens with zero attached hydrogens (tertiary/aromatic N) is 2. The van der Waals surface area contributed by atoms with Gasteiger partial charge in [-0.3, -0.25) is 4.79 Å². The average molecular weight is 424 g/mol. The van der Waals surface area contributed by atoms with Crippen LogP contribution in [0.2, 0.25) is 0 Å². The van der Waals surface area contributed by atoms with Crippen molar-refractivity contribution in [3.05, 3.63) is 46.8 Å². The molecule has 1 aromatic heterocycles. The Hall–Kier alpha value is -2.28. The fourth-order valence-electron chi connectivity index (χ4n) is 3.89. The third-order valence-corrected chi connectivity index (χ3v) is 5.38. The molecule has 4 nitrogen and oxygen atoms in total. The quantitative estimate of drug-likeness (QED) is 0.530. The van der Waals surface area contributed by atoms with E-state index in [1.54, 1.807) is 0 Å². The Morgan fingerprint density at radius 3 is 2.23 bits per heavy atom. The molecule has 0 saturated heterocycles. The Balaban J connectivity index is 2.58. The lowest BCUT2D eigenvalue weighted by Gasteiger charge is -2.15. The first-order chi connectivity index (χ1) is 14.1. The van der Waals surface area contributed by atoms with Gasteiger partial charge in [0, 0.05) is 23.5 Å². The maximum absolute atomic E-state index is 13.0. The summed E-state index contributed by atoms with van der Waals surface area (Å²) >= 11 is 0. The molecular formula is C23H32F3N3O. The molecule has 1 aromatic carbocycles. The number of aromatic nitrogens is 1. The number of alkyl halides is 3. The van der Waals surface area contributed by atoms with Crippen molar-refractivity contribution >= 4 is 5.91 Å². The van der Waals surface area contributed by atoms with Crippen LogP contribution in [0.5, 0.6) is 0 Å². The van der Waals surface area contributed by atoms with Crippen LogP contribution in [0.1, 0.15) is 59.9 Å². The number of amides is 1. The molecule has 0 fully saturated rings. The Bertz CT molecular complexity index is 852. The Morgan fingerprint density at radius 1 is 1.10 bits per heavy atom. The number of carbonyl (C=O) groups is 1. The van der Waals surface area contributed by atoms with Crippen LogP contribution in [-0.4, -0.2) is 36.0 Å². The number of benzene rings is 1. The van der Waals surface area contributed by atoms with Crippen molar-refractivity contribution in [2.24, 2.45) is 5.73 Å². The maximum atomic E-state index is 13.0. The van der Waals surface area contributed by atoms with Crippen molar-refractivity contribution in [1.82, 2.24) is 9.47 Å². The molecule has 1 amide bonds. The molecule has 2 N–H and O–H groups in total. The second kappa shape index (κ2) is 10.2. The van der Waals surface area contributed by atoms with Crippen molar-refractivity contribution < 1.29 is 18.0 Å². The molecule has 0 unspecified atom stereocenters. The Kier molecular flexibility index (Phi) is 8.12. The van der Waals surface area contributed by atoms with Crippen LogP contribution < -0.4 is 5.73 Å². The number of hydrogen-bond donors (Lipinski definition) is 1. The molecule has 30 heavy (non-hydrogen) atoms. The summed E-state index contributed by atoms with van der Waals surface area (Å²) in [5.74, 6) is -0.550. The molecule has 7 heteroatoms. The zero-order chi connectivity index (χ0) is 22.5. The standard InChI is InChI=1S/C23H32F3N3O/c1-5-6-7-9-19-21(17-10-12-18(13-11-17)23(24,25)26)20(22(27)30)16(2)29(19)15-8-14-28(3)4/h10-13H,5-9,14-15H2,1-4H3,(H2,27,30). The van der Waals surface area contributed by atoms with Gasteiger partial charge in [-0.2, -0.15) is 13.2 Å². The van der Waals surface area contributed by atoms with Crippen LogP contribution >= 0.6 is 0 Å². The number of carbonyl (C=O) groups excluding carboxylic acids is 1. The molecule has 2 rings (SSSR count). The molecule has 1 heterocycles.